The summed E-state index contributed by atoms with van der Waals surface area (Å²) in [5.74, 6) is 1.02. The van der Waals surface area contributed by atoms with E-state index in [1.807, 2.05) is 39.8 Å². The van der Waals surface area contributed by atoms with Crippen LogP contribution in [0, 0.1) is 5.92 Å². The average Bonchev–Trinajstić information content (AvgIpc) is 2.51. The number of carbonyl (C=O) groups is 1. The summed E-state index contributed by atoms with van der Waals surface area (Å²) in [6.07, 6.45) is 3.82. The van der Waals surface area contributed by atoms with Crippen molar-refractivity contribution in [2.75, 3.05) is 32.7 Å². The van der Waals surface area contributed by atoms with Gasteiger partial charge in [0, 0.05) is 37.8 Å². The maximum absolute atomic E-state index is 12.0. The van der Waals surface area contributed by atoms with E-state index >= 15 is 0 Å². The Hall–Kier alpha value is -1.82. The number of nitrogens with zero attached hydrogens (tertiary/aromatic N) is 2. The Labute approximate surface area is 160 Å². The van der Waals surface area contributed by atoms with Crippen LogP contribution in [0.4, 0.5) is 0 Å². The van der Waals surface area contributed by atoms with E-state index < -0.39 is 0 Å². The lowest BCUT2D eigenvalue weighted by Crippen LogP contribution is -2.50. The molecule has 3 N–H and O–H groups in total. The van der Waals surface area contributed by atoms with Gasteiger partial charge >= 0.3 is 0 Å². The summed E-state index contributed by atoms with van der Waals surface area (Å²) in [4.78, 5) is 18.7. The Bertz CT molecular complexity index is 455. The molecular formula is C20H39N5O. The Morgan fingerprint density at radius 2 is 1.73 bits per heavy atom. The summed E-state index contributed by atoms with van der Waals surface area (Å²) < 4.78 is 0. The first-order valence-corrected chi connectivity index (χ1v) is 9.43. The second-order valence-electron chi connectivity index (χ2n) is 7.72. The molecule has 0 aromatic rings. The van der Waals surface area contributed by atoms with Crippen LogP contribution in [0.25, 0.3) is 0 Å². The van der Waals surface area contributed by atoms with Gasteiger partial charge in [-0.1, -0.05) is 26.0 Å². The zero-order chi connectivity index (χ0) is 20.2. The van der Waals surface area contributed by atoms with E-state index in [9.17, 15) is 4.79 Å². The maximum atomic E-state index is 12.0. The molecule has 0 heterocycles. The monoisotopic (exact) mass is 365 g/mol. The highest BCUT2D eigenvalue weighted by molar-refractivity contribution is 5.85. The molecule has 0 aliphatic carbocycles. The van der Waals surface area contributed by atoms with Crippen molar-refractivity contribution in [3.63, 3.8) is 0 Å². The summed E-state index contributed by atoms with van der Waals surface area (Å²) in [5.41, 5.74) is -0.253. The number of hydrogen-bond donors (Lipinski definition) is 3. The fourth-order valence-corrected chi connectivity index (χ4v) is 2.62. The number of nitrogens with one attached hydrogen (secondary N) is 3. The van der Waals surface area contributed by atoms with Crippen molar-refractivity contribution >= 4 is 11.9 Å². The molecule has 0 aromatic carbocycles. The maximum Gasteiger partial charge on any atom is 0.242 e. The van der Waals surface area contributed by atoms with Crippen LogP contribution in [0.15, 0.2) is 30.3 Å². The van der Waals surface area contributed by atoms with Crippen molar-refractivity contribution in [1.29, 1.82) is 0 Å². The van der Waals surface area contributed by atoms with Crippen LogP contribution in [0.3, 0.4) is 0 Å². The minimum Gasteiger partial charge on any atom is -0.357 e. The minimum absolute atomic E-state index is 0.0879. The molecule has 0 radical (unpaired) electrons. The Kier molecular flexibility index (Phi) is 11.6. The molecule has 0 aliphatic heterocycles. The largest absolute Gasteiger partial charge is 0.357 e. The van der Waals surface area contributed by atoms with E-state index in [1.54, 1.807) is 0 Å². The van der Waals surface area contributed by atoms with Crippen molar-refractivity contribution in [2.45, 2.75) is 53.1 Å². The summed E-state index contributed by atoms with van der Waals surface area (Å²) in [5, 5.41) is 9.48. The number of carbonyl (C=O) groups excluding carboxylic acids is 1. The summed E-state index contributed by atoms with van der Waals surface area (Å²) in [7, 11) is 0. The molecule has 0 spiro atoms. The predicted octanol–water partition coefficient (Wildman–Crippen LogP) is 2.15. The first-order chi connectivity index (χ1) is 12.1. The van der Waals surface area contributed by atoms with Crippen LogP contribution in [0.1, 0.15) is 41.5 Å². The number of hydrogen-bond acceptors (Lipinski definition) is 3. The third kappa shape index (κ3) is 10.9. The van der Waals surface area contributed by atoms with Crippen molar-refractivity contribution in [1.82, 2.24) is 20.9 Å². The quantitative estimate of drug-likeness (QED) is 0.298. The zero-order valence-corrected chi connectivity index (χ0v) is 17.6. The normalized spacial score (nSPS) is 13.5. The molecule has 0 bridgehead atoms. The van der Waals surface area contributed by atoms with Gasteiger partial charge in [0.1, 0.15) is 6.54 Å². The molecule has 1 amide bonds. The summed E-state index contributed by atoms with van der Waals surface area (Å²) >= 11 is 0. The van der Waals surface area contributed by atoms with E-state index in [4.69, 9.17) is 0 Å². The van der Waals surface area contributed by atoms with Crippen molar-refractivity contribution in [3.8, 4) is 0 Å². The molecule has 1 atom stereocenters. The fourth-order valence-electron chi connectivity index (χ4n) is 2.62. The van der Waals surface area contributed by atoms with Gasteiger partial charge in [-0.05, 0) is 33.6 Å². The zero-order valence-electron chi connectivity index (χ0n) is 17.6. The van der Waals surface area contributed by atoms with E-state index in [-0.39, 0.29) is 18.0 Å². The van der Waals surface area contributed by atoms with Crippen LogP contribution in [0.2, 0.25) is 0 Å². The molecule has 150 valence electrons. The molecule has 0 rings (SSSR count). The number of rotatable bonds is 11. The molecule has 0 saturated heterocycles. The molecule has 26 heavy (non-hydrogen) atoms. The van der Waals surface area contributed by atoms with Gasteiger partial charge in [0.05, 0.1) is 0 Å². The van der Waals surface area contributed by atoms with E-state index in [0.29, 0.717) is 17.9 Å². The summed E-state index contributed by atoms with van der Waals surface area (Å²) in [6.45, 7) is 23.2. The fraction of sp³-hybridized carbons (Fsp3) is 0.700. The predicted molar refractivity (Wildman–Crippen MR) is 112 cm³/mol. The molecule has 0 saturated carbocycles. The van der Waals surface area contributed by atoms with Crippen LogP contribution < -0.4 is 16.0 Å². The van der Waals surface area contributed by atoms with Gasteiger partial charge in [-0.3, -0.25) is 9.69 Å². The molecule has 0 aliphatic rings. The first-order valence-electron chi connectivity index (χ1n) is 9.43. The van der Waals surface area contributed by atoms with Crippen LogP contribution in [-0.4, -0.2) is 61.1 Å². The number of aliphatic imine (C=N–C) groups is 1. The molecule has 1 unspecified atom stereocenters. The SMILES string of the molecule is C=CCN(CC=C)C(CNC(=NCC(=O)NC(C)(C)C)NCC)C(C)C. The third-order valence-corrected chi connectivity index (χ3v) is 3.68. The molecule has 6 nitrogen and oxygen atoms in total. The first kappa shape index (κ1) is 24.2. The lowest BCUT2D eigenvalue weighted by molar-refractivity contribution is -0.121. The molecule has 0 aromatic heterocycles. The van der Waals surface area contributed by atoms with Crippen LogP contribution in [-0.2, 0) is 4.79 Å². The molecular weight excluding hydrogens is 326 g/mol. The highest BCUT2D eigenvalue weighted by Crippen LogP contribution is 2.10. The van der Waals surface area contributed by atoms with Gasteiger partial charge in [-0.25, -0.2) is 4.99 Å². The number of guanidine groups is 1. The van der Waals surface area contributed by atoms with E-state index in [2.05, 4.69) is 52.8 Å². The van der Waals surface area contributed by atoms with Crippen LogP contribution >= 0.6 is 0 Å². The van der Waals surface area contributed by atoms with Gasteiger partial charge in [0.2, 0.25) is 5.91 Å². The van der Waals surface area contributed by atoms with Crippen molar-refractivity contribution in [3.05, 3.63) is 25.3 Å². The summed E-state index contributed by atoms with van der Waals surface area (Å²) in [6, 6.07) is 0.304. The Morgan fingerprint density at radius 3 is 2.15 bits per heavy atom. The van der Waals surface area contributed by atoms with Crippen molar-refractivity contribution in [2.24, 2.45) is 10.9 Å². The van der Waals surface area contributed by atoms with Gasteiger partial charge in [-0.15, -0.1) is 13.2 Å². The second-order valence-corrected chi connectivity index (χ2v) is 7.72. The lowest BCUT2D eigenvalue weighted by atomic mass is 10.0. The van der Waals surface area contributed by atoms with Gasteiger partial charge < -0.3 is 16.0 Å². The molecule has 0 fully saturated rings. The smallest absolute Gasteiger partial charge is 0.242 e. The highest BCUT2D eigenvalue weighted by Gasteiger charge is 2.20. The standard InChI is InChI=1S/C20H39N5O/c1-9-12-25(13-10-2)17(16(4)5)14-22-19(21-11-3)23-15-18(26)24-20(6,7)8/h9-10,16-17H,1-2,11-15H2,3-8H3,(H,24,26)(H2,21,22,23). The third-order valence-electron chi connectivity index (χ3n) is 3.68. The van der Waals surface area contributed by atoms with E-state index in [1.165, 1.54) is 0 Å². The topological polar surface area (TPSA) is 68.8 Å². The highest BCUT2D eigenvalue weighted by atomic mass is 16.2. The number of amides is 1. The minimum atomic E-state index is -0.253. The van der Waals surface area contributed by atoms with Gasteiger partial charge in [-0.2, -0.15) is 0 Å². The Morgan fingerprint density at radius 1 is 1.15 bits per heavy atom. The molecule has 6 heteroatoms. The average molecular weight is 366 g/mol. The second kappa shape index (κ2) is 12.5. The van der Waals surface area contributed by atoms with E-state index in [0.717, 1.165) is 26.2 Å². The van der Waals surface area contributed by atoms with Crippen LogP contribution in [0.5, 0.6) is 0 Å². The lowest BCUT2D eigenvalue weighted by Gasteiger charge is -2.33. The van der Waals surface area contributed by atoms with Gasteiger partial charge in [0.15, 0.2) is 5.96 Å². The van der Waals surface area contributed by atoms with Gasteiger partial charge in [0.25, 0.3) is 0 Å². The Balaban J connectivity index is 4.93. The van der Waals surface area contributed by atoms with Crippen molar-refractivity contribution < 1.29 is 4.79 Å².